The lowest BCUT2D eigenvalue weighted by Crippen LogP contribution is -2.51. The lowest BCUT2D eigenvalue weighted by Gasteiger charge is -2.32. The van der Waals surface area contributed by atoms with Crippen molar-refractivity contribution in [3.05, 3.63) is 83.4 Å². The van der Waals surface area contributed by atoms with E-state index in [0.717, 1.165) is 17.1 Å². The number of methoxy groups -OCH3 is 2. The first-order valence-electron chi connectivity index (χ1n) is 13.2. The molecule has 0 saturated carbocycles. The minimum Gasteiger partial charge on any atom is -0.497 e. The summed E-state index contributed by atoms with van der Waals surface area (Å²) in [6, 6.07) is 18.6. The number of rotatable bonds is 14. The van der Waals surface area contributed by atoms with Gasteiger partial charge in [0.1, 0.15) is 24.1 Å². The Kier molecular flexibility index (Phi) is 11.4. The van der Waals surface area contributed by atoms with Gasteiger partial charge < -0.3 is 19.7 Å². The molecular formula is C30H36ClN3O6S. The Balaban J connectivity index is 2.06. The summed E-state index contributed by atoms with van der Waals surface area (Å²) in [5.41, 5.74) is 0.808. The Morgan fingerprint density at radius 1 is 0.976 bits per heavy atom. The molecule has 0 unspecified atom stereocenters. The van der Waals surface area contributed by atoms with E-state index in [4.69, 9.17) is 21.1 Å². The maximum atomic E-state index is 14.1. The van der Waals surface area contributed by atoms with Gasteiger partial charge in [-0.2, -0.15) is 0 Å². The first-order valence-corrected chi connectivity index (χ1v) is 15.1. The van der Waals surface area contributed by atoms with Crippen molar-refractivity contribution in [3.8, 4) is 11.5 Å². The van der Waals surface area contributed by atoms with Crippen molar-refractivity contribution >= 4 is 39.1 Å². The highest BCUT2D eigenvalue weighted by Gasteiger charge is 2.34. The predicted octanol–water partition coefficient (Wildman–Crippen LogP) is 4.89. The van der Waals surface area contributed by atoms with Crippen molar-refractivity contribution in [2.45, 2.75) is 44.2 Å². The van der Waals surface area contributed by atoms with Gasteiger partial charge in [-0.15, -0.1) is 0 Å². The van der Waals surface area contributed by atoms with Crippen LogP contribution in [-0.2, 0) is 26.2 Å². The summed E-state index contributed by atoms with van der Waals surface area (Å²) in [5.74, 6) is -0.127. The number of unbranched alkanes of at least 4 members (excludes halogenated alkanes) is 1. The average molecular weight is 602 g/mol. The first-order chi connectivity index (χ1) is 19.6. The molecule has 41 heavy (non-hydrogen) atoms. The van der Waals surface area contributed by atoms with Gasteiger partial charge in [-0.25, -0.2) is 8.42 Å². The van der Waals surface area contributed by atoms with Crippen LogP contribution in [0.5, 0.6) is 11.5 Å². The summed E-state index contributed by atoms with van der Waals surface area (Å²) in [5, 5.41) is 3.13. The molecule has 1 atom stereocenters. The van der Waals surface area contributed by atoms with Crippen molar-refractivity contribution in [2.75, 3.05) is 31.6 Å². The summed E-state index contributed by atoms with van der Waals surface area (Å²) < 4.78 is 39.6. The molecule has 11 heteroatoms. The van der Waals surface area contributed by atoms with Gasteiger partial charge in [0.15, 0.2) is 0 Å². The number of nitrogens with one attached hydrogen (secondary N) is 1. The predicted molar refractivity (Wildman–Crippen MR) is 160 cm³/mol. The maximum Gasteiger partial charge on any atom is 0.264 e. The van der Waals surface area contributed by atoms with Crippen LogP contribution in [0.3, 0.4) is 0 Å². The Labute approximate surface area is 247 Å². The minimum atomic E-state index is -4.25. The van der Waals surface area contributed by atoms with Crippen LogP contribution in [0.25, 0.3) is 0 Å². The molecule has 0 aliphatic rings. The monoisotopic (exact) mass is 601 g/mol. The summed E-state index contributed by atoms with van der Waals surface area (Å²) in [6.07, 6.45) is 1.69. The molecule has 0 aliphatic carbocycles. The van der Waals surface area contributed by atoms with Crippen LogP contribution in [0, 0.1) is 0 Å². The summed E-state index contributed by atoms with van der Waals surface area (Å²) in [6.45, 7) is 3.54. The van der Waals surface area contributed by atoms with Crippen LogP contribution in [0.15, 0.2) is 77.7 Å². The normalized spacial score (nSPS) is 11.8. The van der Waals surface area contributed by atoms with Crippen molar-refractivity contribution in [3.63, 3.8) is 0 Å². The second-order valence-corrected chi connectivity index (χ2v) is 11.6. The Hall–Kier alpha value is -3.76. The Morgan fingerprint density at radius 2 is 1.71 bits per heavy atom. The SMILES string of the molecule is CCCCNC(=O)[C@H](C)N(Cc1cccc(OC)c1)C(=O)CN(c1cc(Cl)ccc1OC)S(=O)(=O)c1ccccc1. The van der Waals surface area contributed by atoms with Gasteiger partial charge in [-0.05, 0) is 61.4 Å². The molecule has 2 amide bonds. The standard InChI is InChI=1S/C30H36ClN3O6S/c1-5-6-17-32-30(36)22(2)33(20-23-11-10-12-25(18-23)39-3)29(35)21-34(27-19-24(31)15-16-28(27)40-4)41(37,38)26-13-8-7-9-14-26/h7-16,18-19,22H,5-6,17,20-21H2,1-4H3,(H,32,36)/t22-/m0/s1. The fourth-order valence-corrected chi connectivity index (χ4v) is 5.78. The highest BCUT2D eigenvalue weighted by atomic mass is 35.5. The molecule has 3 aromatic carbocycles. The number of sulfonamides is 1. The van der Waals surface area contributed by atoms with E-state index in [1.54, 1.807) is 49.4 Å². The first kappa shape index (κ1) is 31.8. The molecule has 0 heterocycles. The highest BCUT2D eigenvalue weighted by molar-refractivity contribution is 7.92. The van der Waals surface area contributed by atoms with Gasteiger partial charge in [-0.1, -0.05) is 55.3 Å². The zero-order valence-electron chi connectivity index (χ0n) is 23.7. The topological polar surface area (TPSA) is 105 Å². The number of benzene rings is 3. The van der Waals surface area contributed by atoms with Gasteiger partial charge in [-0.3, -0.25) is 13.9 Å². The van der Waals surface area contributed by atoms with Crippen molar-refractivity contribution in [1.29, 1.82) is 0 Å². The van der Waals surface area contributed by atoms with Crippen LogP contribution < -0.4 is 19.1 Å². The number of carbonyl (C=O) groups is 2. The van der Waals surface area contributed by atoms with Crippen molar-refractivity contribution in [2.24, 2.45) is 0 Å². The molecule has 0 saturated heterocycles. The molecule has 9 nitrogen and oxygen atoms in total. The van der Waals surface area contributed by atoms with Gasteiger partial charge in [0, 0.05) is 18.1 Å². The molecular weight excluding hydrogens is 566 g/mol. The van der Waals surface area contributed by atoms with Crippen LogP contribution in [0.4, 0.5) is 5.69 Å². The molecule has 0 spiro atoms. The highest BCUT2D eigenvalue weighted by Crippen LogP contribution is 2.35. The molecule has 1 N–H and O–H groups in total. The molecule has 3 aromatic rings. The number of halogens is 1. The van der Waals surface area contributed by atoms with Crippen LogP contribution in [-0.4, -0.2) is 58.5 Å². The lowest BCUT2D eigenvalue weighted by atomic mass is 10.1. The minimum absolute atomic E-state index is 0.0143. The molecule has 0 aromatic heterocycles. The smallest absolute Gasteiger partial charge is 0.264 e. The third-order valence-corrected chi connectivity index (χ3v) is 8.51. The molecule has 3 rings (SSSR count). The maximum absolute atomic E-state index is 14.1. The number of carbonyl (C=O) groups excluding carboxylic acids is 2. The molecule has 0 aliphatic heterocycles. The quantitative estimate of drug-likeness (QED) is 0.264. The van der Waals surface area contributed by atoms with Crippen LogP contribution in [0.1, 0.15) is 32.3 Å². The van der Waals surface area contributed by atoms with Crippen molar-refractivity contribution < 1.29 is 27.5 Å². The summed E-state index contributed by atoms with van der Waals surface area (Å²) in [4.78, 5) is 28.5. The lowest BCUT2D eigenvalue weighted by molar-refractivity contribution is -0.139. The van der Waals surface area contributed by atoms with Gasteiger partial charge >= 0.3 is 0 Å². The number of nitrogens with zero attached hydrogens (tertiary/aromatic N) is 2. The number of hydrogen-bond acceptors (Lipinski definition) is 6. The van der Waals surface area contributed by atoms with E-state index in [2.05, 4.69) is 5.32 Å². The van der Waals surface area contributed by atoms with E-state index >= 15 is 0 Å². The summed E-state index contributed by atoms with van der Waals surface area (Å²) >= 11 is 6.26. The third kappa shape index (κ3) is 8.14. The van der Waals surface area contributed by atoms with Crippen LogP contribution in [0.2, 0.25) is 5.02 Å². The van der Waals surface area contributed by atoms with Crippen LogP contribution >= 0.6 is 11.6 Å². The van der Waals surface area contributed by atoms with Gasteiger partial charge in [0.2, 0.25) is 11.8 Å². The fourth-order valence-electron chi connectivity index (χ4n) is 4.18. The zero-order valence-corrected chi connectivity index (χ0v) is 25.2. The van der Waals surface area contributed by atoms with E-state index in [1.807, 2.05) is 13.0 Å². The Bertz CT molecular complexity index is 1440. The van der Waals surface area contributed by atoms with E-state index in [0.29, 0.717) is 17.9 Å². The molecule has 0 radical (unpaired) electrons. The molecule has 220 valence electrons. The second-order valence-electron chi connectivity index (χ2n) is 9.33. The average Bonchev–Trinajstić information content (AvgIpc) is 2.98. The van der Waals surface area contributed by atoms with E-state index in [1.165, 1.54) is 43.4 Å². The number of ether oxygens (including phenoxy) is 2. The molecule has 0 bridgehead atoms. The molecule has 0 fully saturated rings. The third-order valence-electron chi connectivity index (χ3n) is 6.50. The van der Waals surface area contributed by atoms with E-state index in [9.17, 15) is 18.0 Å². The largest absolute Gasteiger partial charge is 0.497 e. The van der Waals surface area contributed by atoms with Crippen molar-refractivity contribution in [1.82, 2.24) is 10.2 Å². The number of anilines is 1. The fraction of sp³-hybridized carbons (Fsp3) is 0.333. The van der Waals surface area contributed by atoms with E-state index < -0.39 is 28.5 Å². The van der Waals surface area contributed by atoms with Gasteiger partial charge in [0.25, 0.3) is 10.0 Å². The zero-order chi connectivity index (χ0) is 30.0. The number of amides is 2. The number of hydrogen-bond donors (Lipinski definition) is 1. The summed E-state index contributed by atoms with van der Waals surface area (Å²) in [7, 11) is -1.31. The Morgan fingerprint density at radius 3 is 2.37 bits per heavy atom. The van der Waals surface area contributed by atoms with Gasteiger partial charge in [0.05, 0.1) is 24.8 Å². The second kappa shape index (κ2) is 14.7. The van der Waals surface area contributed by atoms with E-state index in [-0.39, 0.29) is 33.8 Å².